The first-order chi connectivity index (χ1) is 12.9. The quantitative estimate of drug-likeness (QED) is 0.814. The molecule has 2 N–H and O–H groups in total. The van der Waals surface area contributed by atoms with Crippen molar-refractivity contribution in [1.82, 2.24) is 4.90 Å². The molecule has 1 aliphatic heterocycles. The first-order valence-corrected chi connectivity index (χ1v) is 8.98. The monoisotopic (exact) mass is 365 g/mol. The molecule has 0 saturated carbocycles. The number of phenolic OH excluding ortho intramolecular Hbond substituents is 1. The fourth-order valence-corrected chi connectivity index (χ4v) is 3.37. The molecule has 2 aromatic rings. The number of Topliss-reactive ketones (excluding diaryl/α,β-unsaturated/α-hetero) is 1. The highest BCUT2D eigenvalue weighted by Crippen LogP contribution is 2.39. The number of amides is 1. The maximum absolute atomic E-state index is 12.8. The molecule has 0 radical (unpaired) electrons. The standard InChI is InChI=1S/C22H23NO4/c1-14(2)12-18(25)19-20(16-8-10-17(24)11-9-16)23(22(27)21(19)26)13-15-6-4-3-5-7-15/h3-11,14,20,24,26H,12-13H2,1-2H3. The van der Waals surface area contributed by atoms with Crippen molar-refractivity contribution >= 4 is 11.7 Å². The molecule has 0 aliphatic carbocycles. The molecule has 0 aromatic heterocycles. The molecule has 5 nitrogen and oxygen atoms in total. The van der Waals surface area contributed by atoms with E-state index >= 15 is 0 Å². The molecule has 5 heteroatoms. The number of hydrogen-bond donors (Lipinski definition) is 2. The Morgan fingerprint density at radius 3 is 2.26 bits per heavy atom. The number of rotatable bonds is 6. The van der Waals surface area contributed by atoms with Crippen LogP contribution in [0.15, 0.2) is 65.9 Å². The molecule has 2 aromatic carbocycles. The van der Waals surface area contributed by atoms with E-state index in [4.69, 9.17) is 0 Å². The summed E-state index contributed by atoms with van der Waals surface area (Å²) in [7, 11) is 0. The van der Waals surface area contributed by atoms with Crippen LogP contribution in [0.1, 0.15) is 37.4 Å². The zero-order chi connectivity index (χ0) is 19.6. The van der Waals surface area contributed by atoms with E-state index in [-0.39, 0.29) is 36.0 Å². The third kappa shape index (κ3) is 3.87. The average molecular weight is 365 g/mol. The van der Waals surface area contributed by atoms with E-state index in [9.17, 15) is 19.8 Å². The number of aliphatic hydroxyl groups is 1. The van der Waals surface area contributed by atoms with Crippen LogP contribution in [-0.2, 0) is 16.1 Å². The van der Waals surface area contributed by atoms with Gasteiger partial charge in [-0.15, -0.1) is 0 Å². The Balaban J connectivity index is 2.03. The maximum atomic E-state index is 12.8. The van der Waals surface area contributed by atoms with Crippen LogP contribution < -0.4 is 0 Å². The second-order valence-electron chi connectivity index (χ2n) is 7.20. The van der Waals surface area contributed by atoms with Crippen LogP contribution in [0, 0.1) is 5.92 Å². The van der Waals surface area contributed by atoms with Gasteiger partial charge in [-0.05, 0) is 29.2 Å². The molecule has 1 unspecified atom stereocenters. The van der Waals surface area contributed by atoms with Crippen LogP contribution in [0.25, 0.3) is 0 Å². The van der Waals surface area contributed by atoms with Crippen LogP contribution in [0.4, 0.5) is 0 Å². The number of phenols is 1. The largest absolute Gasteiger partial charge is 0.508 e. The number of nitrogens with zero attached hydrogens (tertiary/aromatic N) is 1. The summed E-state index contributed by atoms with van der Waals surface area (Å²) in [4.78, 5) is 27.1. The van der Waals surface area contributed by atoms with Crippen molar-refractivity contribution in [3.63, 3.8) is 0 Å². The van der Waals surface area contributed by atoms with Crippen molar-refractivity contribution in [2.75, 3.05) is 0 Å². The van der Waals surface area contributed by atoms with Crippen LogP contribution >= 0.6 is 0 Å². The maximum Gasteiger partial charge on any atom is 0.290 e. The highest BCUT2D eigenvalue weighted by molar-refractivity contribution is 6.09. The van der Waals surface area contributed by atoms with E-state index in [1.54, 1.807) is 12.1 Å². The SMILES string of the molecule is CC(C)CC(=O)C1=C(O)C(=O)N(Cc2ccccc2)C1c1ccc(O)cc1. The number of ketones is 1. The summed E-state index contributed by atoms with van der Waals surface area (Å²) in [5.74, 6) is -1.05. The zero-order valence-electron chi connectivity index (χ0n) is 15.4. The van der Waals surface area contributed by atoms with Gasteiger partial charge in [-0.2, -0.15) is 0 Å². The van der Waals surface area contributed by atoms with Gasteiger partial charge < -0.3 is 15.1 Å². The van der Waals surface area contributed by atoms with Gasteiger partial charge in [0.2, 0.25) is 0 Å². The molecule has 140 valence electrons. The number of hydrogen-bond acceptors (Lipinski definition) is 4. The van der Waals surface area contributed by atoms with Crippen LogP contribution in [-0.4, -0.2) is 26.8 Å². The molecule has 27 heavy (non-hydrogen) atoms. The van der Waals surface area contributed by atoms with Crippen molar-refractivity contribution in [1.29, 1.82) is 0 Å². The van der Waals surface area contributed by atoms with Crippen molar-refractivity contribution < 1.29 is 19.8 Å². The Labute approximate surface area is 158 Å². The lowest BCUT2D eigenvalue weighted by molar-refractivity contribution is -0.130. The van der Waals surface area contributed by atoms with Gasteiger partial charge in [-0.25, -0.2) is 0 Å². The predicted molar refractivity (Wildman–Crippen MR) is 102 cm³/mol. The number of aliphatic hydroxyl groups excluding tert-OH is 1. The van der Waals surface area contributed by atoms with Gasteiger partial charge >= 0.3 is 0 Å². The zero-order valence-corrected chi connectivity index (χ0v) is 15.4. The Kier molecular flexibility index (Phi) is 5.31. The van der Waals surface area contributed by atoms with E-state index < -0.39 is 17.7 Å². The Morgan fingerprint density at radius 2 is 1.67 bits per heavy atom. The molecule has 1 amide bonds. The van der Waals surface area contributed by atoms with Gasteiger partial charge in [0.05, 0.1) is 11.6 Å². The molecule has 1 heterocycles. The topological polar surface area (TPSA) is 77.8 Å². The van der Waals surface area contributed by atoms with E-state index in [0.29, 0.717) is 5.56 Å². The summed E-state index contributed by atoms with van der Waals surface area (Å²) in [6, 6.07) is 15.1. The third-order valence-electron chi connectivity index (χ3n) is 4.60. The van der Waals surface area contributed by atoms with Crippen molar-refractivity contribution in [2.45, 2.75) is 32.9 Å². The van der Waals surface area contributed by atoms with Crippen molar-refractivity contribution in [3.05, 3.63) is 77.1 Å². The lowest BCUT2D eigenvalue weighted by Crippen LogP contribution is -2.30. The van der Waals surface area contributed by atoms with Gasteiger partial charge in [0, 0.05) is 13.0 Å². The van der Waals surface area contributed by atoms with Gasteiger partial charge in [-0.1, -0.05) is 56.3 Å². The summed E-state index contributed by atoms with van der Waals surface area (Å²) in [6.07, 6.45) is 0.250. The Bertz CT molecular complexity index is 869. The lowest BCUT2D eigenvalue weighted by atomic mass is 9.92. The molecule has 3 rings (SSSR count). The number of carbonyl (C=O) groups is 2. The van der Waals surface area contributed by atoms with Gasteiger partial charge in [0.1, 0.15) is 5.75 Å². The minimum Gasteiger partial charge on any atom is -0.508 e. The van der Waals surface area contributed by atoms with E-state index in [1.165, 1.54) is 17.0 Å². The van der Waals surface area contributed by atoms with Crippen LogP contribution in [0.5, 0.6) is 5.75 Å². The minimum atomic E-state index is -0.676. The highest BCUT2D eigenvalue weighted by Gasteiger charge is 2.43. The molecular formula is C22H23NO4. The van der Waals surface area contributed by atoms with Crippen LogP contribution in [0.2, 0.25) is 0 Å². The van der Waals surface area contributed by atoms with Crippen molar-refractivity contribution in [3.8, 4) is 5.75 Å². The van der Waals surface area contributed by atoms with Crippen LogP contribution in [0.3, 0.4) is 0 Å². The molecule has 1 aliphatic rings. The van der Waals surface area contributed by atoms with Gasteiger partial charge in [0.15, 0.2) is 11.5 Å². The van der Waals surface area contributed by atoms with Gasteiger partial charge in [0.25, 0.3) is 5.91 Å². The fourth-order valence-electron chi connectivity index (χ4n) is 3.37. The average Bonchev–Trinajstić information content (AvgIpc) is 2.88. The third-order valence-corrected chi connectivity index (χ3v) is 4.60. The first-order valence-electron chi connectivity index (χ1n) is 8.98. The smallest absolute Gasteiger partial charge is 0.290 e. The molecular weight excluding hydrogens is 342 g/mol. The summed E-state index contributed by atoms with van der Waals surface area (Å²) < 4.78 is 0. The number of aromatic hydroxyl groups is 1. The summed E-state index contributed by atoms with van der Waals surface area (Å²) in [5, 5.41) is 20.1. The molecule has 0 spiro atoms. The lowest BCUT2D eigenvalue weighted by Gasteiger charge is -2.27. The number of benzene rings is 2. The molecule has 0 bridgehead atoms. The van der Waals surface area contributed by atoms with E-state index in [1.807, 2.05) is 44.2 Å². The molecule has 0 saturated heterocycles. The Hall–Kier alpha value is -3.08. The summed E-state index contributed by atoms with van der Waals surface area (Å²) in [5.41, 5.74) is 1.71. The minimum absolute atomic E-state index is 0.0981. The molecule has 1 atom stereocenters. The second-order valence-corrected chi connectivity index (χ2v) is 7.20. The van der Waals surface area contributed by atoms with Crippen molar-refractivity contribution in [2.24, 2.45) is 5.92 Å². The van der Waals surface area contributed by atoms with E-state index in [2.05, 4.69) is 0 Å². The van der Waals surface area contributed by atoms with E-state index in [0.717, 1.165) is 5.56 Å². The van der Waals surface area contributed by atoms with Gasteiger partial charge in [-0.3, -0.25) is 9.59 Å². The number of carbonyl (C=O) groups excluding carboxylic acids is 2. The normalized spacial score (nSPS) is 17.1. The fraction of sp³-hybridized carbons (Fsp3) is 0.273. The highest BCUT2D eigenvalue weighted by atomic mass is 16.3. The summed E-state index contributed by atoms with van der Waals surface area (Å²) in [6.45, 7) is 4.11. The predicted octanol–water partition coefficient (Wildman–Crippen LogP) is 3.90. The first kappa shape index (κ1) is 18.7. The summed E-state index contributed by atoms with van der Waals surface area (Å²) >= 11 is 0. The Morgan fingerprint density at radius 1 is 1.04 bits per heavy atom. The molecule has 0 fully saturated rings. The second kappa shape index (κ2) is 7.66.